The van der Waals surface area contributed by atoms with Gasteiger partial charge in [0, 0.05) is 11.7 Å². The topological polar surface area (TPSA) is 59.8 Å². The predicted molar refractivity (Wildman–Crippen MR) is 53.5 cm³/mol. The average Bonchev–Trinajstić information content (AvgIpc) is 2.64. The molecule has 1 aromatic carbocycles. The van der Waals surface area contributed by atoms with Gasteiger partial charge in [0.05, 0.1) is 18.6 Å². The van der Waals surface area contributed by atoms with Crippen molar-refractivity contribution >= 4 is 10.9 Å². The van der Waals surface area contributed by atoms with Crippen LogP contribution in [0, 0.1) is 11.3 Å². The lowest BCUT2D eigenvalue weighted by molar-refractivity contribution is 0.183. The average molecular weight is 186 g/mol. The molecule has 0 radical (unpaired) electrons. The van der Waals surface area contributed by atoms with Gasteiger partial charge in [-0.05, 0) is 23.1 Å². The number of aliphatic hydroxyl groups is 1. The highest BCUT2D eigenvalue weighted by Gasteiger charge is 2.07. The Morgan fingerprint density at radius 1 is 1.43 bits per heavy atom. The Morgan fingerprint density at radius 2 is 2.29 bits per heavy atom. The number of hydrogen-bond donors (Lipinski definition) is 2. The molecule has 1 unspecified atom stereocenters. The number of hydrogen-bond acceptors (Lipinski definition) is 2. The van der Waals surface area contributed by atoms with Gasteiger partial charge in [-0.2, -0.15) is 5.26 Å². The van der Waals surface area contributed by atoms with Crippen LogP contribution in [0.1, 0.15) is 18.1 Å². The highest BCUT2D eigenvalue weighted by atomic mass is 16.3. The second kappa shape index (κ2) is 3.52. The molecular weight excluding hydrogens is 176 g/mol. The van der Waals surface area contributed by atoms with Crippen LogP contribution in [0.25, 0.3) is 10.9 Å². The van der Waals surface area contributed by atoms with Crippen molar-refractivity contribution in [3.05, 3.63) is 36.0 Å². The second-order valence-electron chi connectivity index (χ2n) is 3.20. The number of rotatable bonds is 2. The first-order chi connectivity index (χ1) is 6.81. The zero-order chi connectivity index (χ0) is 9.97. The molecular formula is C11H10N2O. The Bertz CT molecular complexity index is 481. The molecule has 0 fully saturated rings. The second-order valence-corrected chi connectivity index (χ2v) is 3.20. The molecule has 0 bridgehead atoms. The SMILES string of the molecule is N#CCC(O)c1ccc2cc[nH]c2c1. The molecule has 0 aliphatic carbocycles. The number of nitriles is 1. The van der Waals surface area contributed by atoms with E-state index in [1.165, 1.54) is 0 Å². The van der Waals surface area contributed by atoms with Gasteiger partial charge in [-0.15, -0.1) is 0 Å². The van der Waals surface area contributed by atoms with Gasteiger partial charge in [0.1, 0.15) is 0 Å². The summed E-state index contributed by atoms with van der Waals surface area (Å²) in [5.41, 5.74) is 1.76. The summed E-state index contributed by atoms with van der Waals surface area (Å²) in [6.07, 6.45) is 1.30. The van der Waals surface area contributed by atoms with Crippen molar-refractivity contribution in [1.82, 2.24) is 4.98 Å². The minimum absolute atomic E-state index is 0.131. The molecule has 0 amide bonds. The fourth-order valence-corrected chi connectivity index (χ4v) is 1.48. The monoisotopic (exact) mass is 186 g/mol. The molecule has 2 aromatic rings. The van der Waals surface area contributed by atoms with E-state index >= 15 is 0 Å². The lowest BCUT2D eigenvalue weighted by atomic mass is 10.1. The van der Waals surface area contributed by atoms with Crippen molar-refractivity contribution in [3.63, 3.8) is 0 Å². The minimum atomic E-state index is -0.687. The van der Waals surface area contributed by atoms with Crippen molar-refractivity contribution in [2.45, 2.75) is 12.5 Å². The highest BCUT2D eigenvalue weighted by Crippen LogP contribution is 2.20. The fourth-order valence-electron chi connectivity index (χ4n) is 1.48. The Labute approximate surface area is 81.6 Å². The maximum atomic E-state index is 9.58. The molecule has 0 aliphatic rings. The first-order valence-corrected chi connectivity index (χ1v) is 4.43. The zero-order valence-corrected chi connectivity index (χ0v) is 7.57. The van der Waals surface area contributed by atoms with E-state index in [0.717, 1.165) is 16.5 Å². The maximum absolute atomic E-state index is 9.58. The van der Waals surface area contributed by atoms with Crippen molar-refractivity contribution < 1.29 is 5.11 Å². The van der Waals surface area contributed by atoms with Crippen LogP contribution in [0.3, 0.4) is 0 Å². The van der Waals surface area contributed by atoms with Crippen LogP contribution in [0.2, 0.25) is 0 Å². The lowest BCUT2D eigenvalue weighted by Gasteiger charge is -2.06. The van der Waals surface area contributed by atoms with Gasteiger partial charge in [0.2, 0.25) is 0 Å². The molecule has 1 atom stereocenters. The molecule has 1 aromatic heterocycles. The summed E-state index contributed by atoms with van der Waals surface area (Å²) in [4.78, 5) is 3.06. The van der Waals surface area contributed by atoms with E-state index in [9.17, 15) is 5.11 Å². The molecule has 70 valence electrons. The van der Waals surface area contributed by atoms with Crippen molar-refractivity contribution in [2.24, 2.45) is 0 Å². The van der Waals surface area contributed by atoms with Crippen molar-refractivity contribution in [1.29, 1.82) is 5.26 Å². The molecule has 0 saturated carbocycles. The third kappa shape index (κ3) is 1.48. The summed E-state index contributed by atoms with van der Waals surface area (Å²) in [6.45, 7) is 0. The van der Waals surface area contributed by atoms with Crippen LogP contribution in [-0.4, -0.2) is 10.1 Å². The third-order valence-electron chi connectivity index (χ3n) is 2.25. The molecule has 1 heterocycles. The van der Waals surface area contributed by atoms with Crippen molar-refractivity contribution in [2.75, 3.05) is 0 Å². The molecule has 0 spiro atoms. The molecule has 3 heteroatoms. The summed E-state index contributed by atoms with van der Waals surface area (Å²) in [6, 6.07) is 9.57. The number of fused-ring (bicyclic) bond motifs is 1. The van der Waals surface area contributed by atoms with E-state index in [2.05, 4.69) is 4.98 Å². The summed E-state index contributed by atoms with van der Waals surface area (Å²) in [5, 5.41) is 19.1. The first kappa shape index (κ1) is 8.79. The van der Waals surface area contributed by atoms with Crippen LogP contribution in [-0.2, 0) is 0 Å². The number of aliphatic hydroxyl groups excluding tert-OH is 1. The number of aromatic amines is 1. The first-order valence-electron chi connectivity index (χ1n) is 4.43. The molecule has 14 heavy (non-hydrogen) atoms. The van der Waals surface area contributed by atoms with Gasteiger partial charge < -0.3 is 10.1 Å². The van der Waals surface area contributed by atoms with Gasteiger partial charge in [-0.1, -0.05) is 12.1 Å². The smallest absolute Gasteiger partial charge is 0.0920 e. The van der Waals surface area contributed by atoms with Crippen LogP contribution in [0.4, 0.5) is 0 Å². The summed E-state index contributed by atoms with van der Waals surface area (Å²) in [5.74, 6) is 0. The highest BCUT2D eigenvalue weighted by molar-refractivity contribution is 5.79. The number of aromatic nitrogens is 1. The largest absolute Gasteiger partial charge is 0.387 e. The Balaban J connectivity index is 2.39. The van der Waals surface area contributed by atoms with E-state index in [-0.39, 0.29) is 6.42 Å². The molecule has 0 saturated heterocycles. The van der Waals surface area contributed by atoms with E-state index in [1.807, 2.05) is 36.5 Å². The molecule has 3 nitrogen and oxygen atoms in total. The summed E-state index contributed by atoms with van der Waals surface area (Å²) in [7, 11) is 0. The standard InChI is InChI=1S/C11H10N2O/c12-5-3-11(14)9-2-1-8-4-6-13-10(8)7-9/h1-2,4,6-7,11,13-14H,3H2. The normalized spacial score (nSPS) is 12.6. The van der Waals surface area contributed by atoms with Gasteiger partial charge >= 0.3 is 0 Å². The Morgan fingerprint density at radius 3 is 3.07 bits per heavy atom. The number of H-pyrrole nitrogens is 1. The van der Waals surface area contributed by atoms with Crippen LogP contribution in [0.5, 0.6) is 0 Å². The lowest BCUT2D eigenvalue weighted by Crippen LogP contribution is -1.95. The minimum Gasteiger partial charge on any atom is -0.387 e. The maximum Gasteiger partial charge on any atom is 0.0920 e. The van der Waals surface area contributed by atoms with Crippen LogP contribution >= 0.6 is 0 Å². The molecule has 2 rings (SSSR count). The fraction of sp³-hybridized carbons (Fsp3) is 0.182. The predicted octanol–water partition coefficient (Wildman–Crippen LogP) is 2.11. The Kier molecular flexibility index (Phi) is 2.21. The summed E-state index contributed by atoms with van der Waals surface area (Å²) >= 11 is 0. The van der Waals surface area contributed by atoms with E-state index in [4.69, 9.17) is 5.26 Å². The number of nitrogens with one attached hydrogen (secondary N) is 1. The molecule has 2 N–H and O–H groups in total. The number of nitrogens with zero attached hydrogens (tertiary/aromatic N) is 1. The molecule has 0 aliphatic heterocycles. The Hall–Kier alpha value is -1.79. The van der Waals surface area contributed by atoms with Crippen molar-refractivity contribution in [3.8, 4) is 6.07 Å². The summed E-state index contributed by atoms with van der Waals surface area (Å²) < 4.78 is 0. The van der Waals surface area contributed by atoms with E-state index < -0.39 is 6.10 Å². The van der Waals surface area contributed by atoms with Crippen LogP contribution < -0.4 is 0 Å². The van der Waals surface area contributed by atoms with Gasteiger partial charge in [-0.3, -0.25) is 0 Å². The van der Waals surface area contributed by atoms with Gasteiger partial charge in [-0.25, -0.2) is 0 Å². The van der Waals surface area contributed by atoms with E-state index in [0.29, 0.717) is 0 Å². The van der Waals surface area contributed by atoms with Crippen LogP contribution in [0.15, 0.2) is 30.5 Å². The third-order valence-corrected chi connectivity index (χ3v) is 2.25. The zero-order valence-electron chi connectivity index (χ0n) is 7.57. The number of benzene rings is 1. The van der Waals surface area contributed by atoms with E-state index in [1.54, 1.807) is 0 Å². The quantitative estimate of drug-likeness (QED) is 0.754. The van der Waals surface area contributed by atoms with Gasteiger partial charge in [0.25, 0.3) is 0 Å². The van der Waals surface area contributed by atoms with Gasteiger partial charge in [0.15, 0.2) is 0 Å².